The van der Waals surface area contributed by atoms with Gasteiger partial charge in [0.05, 0.1) is 13.3 Å². The minimum absolute atomic E-state index is 0.366. The molecule has 0 aliphatic carbocycles. The molecule has 6 nitrogen and oxygen atoms in total. The van der Waals surface area contributed by atoms with Crippen molar-refractivity contribution in [1.82, 2.24) is 5.43 Å². The Hall–Kier alpha value is -3.32. The summed E-state index contributed by atoms with van der Waals surface area (Å²) < 4.78 is 17.6. The van der Waals surface area contributed by atoms with E-state index in [1.165, 1.54) is 6.21 Å². The molecule has 3 rings (SSSR count). The van der Waals surface area contributed by atoms with Gasteiger partial charge in [-0.05, 0) is 55.0 Å². The van der Waals surface area contributed by atoms with Crippen LogP contribution in [0.3, 0.4) is 0 Å². The van der Waals surface area contributed by atoms with Gasteiger partial charge in [0.25, 0.3) is 5.91 Å². The summed E-state index contributed by atoms with van der Waals surface area (Å²) in [5.41, 5.74) is 4.31. The zero-order valence-electron chi connectivity index (χ0n) is 17.2. The van der Waals surface area contributed by atoms with Gasteiger partial charge in [-0.3, -0.25) is 4.79 Å². The molecule has 0 saturated heterocycles. The molecular formula is C24H23BrN2O4. The summed E-state index contributed by atoms with van der Waals surface area (Å²) in [6.07, 6.45) is 0.797. The molecule has 3 aromatic carbocycles. The topological polar surface area (TPSA) is 69.2 Å². The van der Waals surface area contributed by atoms with E-state index in [0.29, 0.717) is 18.1 Å². The number of carbonyl (C=O) groups is 1. The molecule has 0 radical (unpaired) electrons. The third-order valence-corrected chi connectivity index (χ3v) is 4.82. The fourth-order valence-corrected chi connectivity index (χ4v) is 3.05. The highest BCUT2D eigenvalue weighted by atomic mass is 79.9. The first-order chi connectivity index (χ1) is 15.0. The Bertz CT molecular complexity index is 1020. The van der Waals surface area contributed by atoms with E-state index in [0.717, 1.165) is 21.3 Å². The molecule has 0 saturated carbocycles. The normalized spacial score (nSPS) is 11.7. The molecule has 0 aliphatic heterocycles. The van der Waals surface area contributed by atoms with E-state index in [4.69, 9.17) is 14.2 Å². The fraction of sp³-hybridized carbons (Fsp3) is 0.167. The average molecular weight is 483 g/mol. The molecule has 0 fully saturated rings. The number of ether oxygens (including phenoxy) is 3. The third-order valence-electron chi connectivity index (χ3n) is 4.32. The number of methoxy groups -OCH3 is 1. The van der Waals surface area contributed by atoms with Crippen LogP contribution < -0.4 is 19.6 Å². The number of benzene rings is 3. The van der Waals surface area contributed by atoms with Gasteiger partial charge in [0.1, 0.15) is 23.9 Å². The third kappa shape index (κ3) is 6.86. The van der Waals surface area contributed by atoms with Gasteiger partial charge < -0.3 is 14.2 Å². The second-order valence-corrected chi connectivity index (χ2v) is 7.54. The van der Waals surface area contributed by atoms with Gasteiger partial charge in [-0.15, -0.1) is 0 Å². The predicted molar refractivity (Wildman–Crippen MR) is 124 cm³/mol. The zero-order chi connectivity index (χ0) is 22.1. The number of hydrazone groups is 1. The summed E-state index contributed by atoms with van der Waals surface area (Å²) in [7, 11) is 1.58. The first kappa shape index (κ1) is 22.4. The molecule has 0 aromatic heterocycles. The summed E-state index contributed by atoms with van der Waals surface area (Å²) >= 11 is 3.40. The summed E-state index contributed by atoms with van der Waals surface area (Å²) in [4.78, 5) is 12.3. The van der Waals surface area contributed by atoms with Crippen molar-refractivity contribution in [3.05, 3.63) is 88.4 Å². The lowest BCUT2D eigenvalue weighted by molar-refractivity contribution is -0.127. The first-order valence-electron chi connectivity index (χ1n) is 9.65. The Kier molecular flexibility index (Phi) is 8.06. The predicted octanol–water partition coefficient (Wildman–Crippen LogP) is 4.95. The molecule has 1 N–H and O–H groups in total. The fourth-order valence-electron chi connectivity index (χ4n) is 2.68. The van der Waals surface area contributed by atoms with Crippen LogP contribution in [0.1, 0.15) is 18.1 Å². The minimum Gasteiger partial charge on any atom is -0.496 e. The molecule has 1 amide bonds. The van der Waals surface area contributed by atoms with E-state index in [2.05, 4.69) is 26.5 Å². The molecule has 0 bridgehead atoms. The highest BCUT2D eigenvalue weighted by molar-refractivity contribution is 9.10. The van der Waals surface area contributed by atoms with Crippen LogP contribution in [0, 0.1) is 0 Å². The quantitative estimate of drug-likeness (QED) is 0.345. The van der Waals surface area contributed by atoms with E-state index in [1.54, 1.807) is 38.3 Å². The first-order valence-corrected chi connectivity index (χ1v) is 10.4. The molecule has 7 heteroatoms. The molecule has 0 aliphatic rings. The van der Waals surface area contributed by atoms with Crippen molar-refractivity contribution in [2.75, 3.05) is 7.11 Å². The second-order valence-electron chi connectivity index (χ2n) is 6.63. The SMILES string of the molecule is COc1ccc(Br)cc1/C=N\NC(=O)[C@H](C)Oc1ccc(OCc2ccccc2)cc1. The van der Waals surface area contributed by atoms with Crippen molar-refractivity contribution in [2.24, 2.45) is 5.10 Å². The minimum atomic E-state index is -0.724. The number of hydrogen-bond acceptors (Lipinski definition) is 5. The number of nitrogens with one attached hydrogen (secondary N) is 1. The van der Waals surface area contributed by atoms with Crippen LogP contribution >= 0.6 is 15.9 Å². The Morgan fingerprint density at radius 1 is 1.06 bits per heavy atom. The highest BCUT2D eigenvalue weighted by Gasteiger charge is 2.14. The number of nitrogens with zero attached hydrogens (tertiary/aromatic N) is 1. The van der Waals surface area contributed by atoms with Crippen molar-refractivity contribution >= 4 is 28.1 Å². The van der Waals surface area contributed by atoms with Crippen LogP contribution in [0.15, 0.2) is 82.4 Å². The average Bonchev–Trinajstić information content (AvgIpc) is 2.79. The molecule has 0 unspecified atom stereocenters. The Morgan fingerprint density at radius 3 is 2.48 bits per heavy atom. The van der Waals surface area contributed by atoms with Crippen LogP contribution in [0.2, 0.25) is 0 Å². The Balaban J connectivity index is 1.49. The summed E-state index contributed by atoms with van der Waals surface area (Å²) in [6, 6.07) is 22.6. The summed E-state index contributed by atoms with van der Waals surface area (Å²) in [6.45, 7) is 2.14. The van der Waals surface area contributed by atoms with Gasteiger partial charge in [0.15, 0.2) is 6.10 Å². The molecule has 3 aromatic rings. The Labute approximate surface area is 190 Å². The van der Waals surface area contributed by atoms with Crippen LogP contribution in [0.25, 0.3) is 0 Å². The molecule has 160 valence electrons. The maximum atomic E-state index is 12.3. The van der Waals surface area contributed by atoms with Crippen molar-refractivity contribution < 1.29 is 19.0 Å². The maximum absolute atomic E-state index is 12.3. The van der Waals surface area contributed by atoms with Gasteiger partial charge in [0.2, 0.25) is 0 Å². The molecule has 1 atom stereocenters. The van der Waals surface area contributed by atoms with E-state index in [9.17, 15) is 4.79 Å². The standard InChI is InChI=1S/C24H23BrN2O4/c1-17(24(28)27-26-15-19-14-20(25)8-13-23(19)29-2)31-22-11-9-21(10-12-22)30-16-18-6-4-3-5-7-18/h3-15,17H,16H2,1-2H3,(H,27,28)/b26-15-/t17-/m0/s1. The van der Waals surface area contributed by atoms with E-state index in [1.807, 2.05) is 48.5 Å². The maximum Gasteiger partial charge on any atom is 0.280 e. The monoisotopic (exact) mass is 482 g/mol. The zero-order valence-corrected chi connectivity index (χ0v) is 18.8. The smallest absolute Gasteiger partial charge is 0.280 e. The van der Waals surface area contributed by atoms with Gasteiger partial charge in [-0.1, -0.05) is 46.3 Å². The number of halogens is 1. The number of carbonyl (C=O) groups excluding carboxylic acids is 1. The summed E-state index contributed by atoms with van der Waals surface area (Å²) in [5.74, 6) is 1.57. The number of hydrogen-bond donors (Lipinski definition) is 1. The van der Waals surface area contributed by atoms with Crippen molar-refractivity contribution in [1.29, 1.82) is 0 Å². The molecule has 31 heavy (non-hydrogen) atoms. The van der Waals surface area contributed by atoms with E-state index >= 15 is 0 Å². The van der Waals surface area contributed by atoms with Crippen molar-refractivity contribution in [3.8, 4) is 17.2 Å². The van der Waals surface area contributed by atoms with Crippen LogP contribution in [-0.4, -0.2) is 25.3 Å². The molecule has 0 spiro atoms. The van der Waals surface area contributed by atoms with Gasteiger partial charge in [-0.2, -0.15) is 5.10 Å². The lowest BCUT2D eigenvalue weighted by Gasteiger charge is -2.13. The lowest BCUT2D eigenvalue weighted by atomic mass is 10.2. The number of rotatable bonds is 9. The van der Waals surface area contributed by atoms with Gasteiger partial charge in [-0.25, -0.2) is 5.43 Å². The van der Waals surface area contributed by atoms with Crippen LogP contribution in [-0.2, 0) is 11.4 Å². The van der Waals surface area contributed by atoms with E-state index in [-0.39, 0.29) is 5.91 Å². The van der Waals surface area contributed by atoms with E-state index < -0.39 is 6.10 Å². The van der Waals surface area contributed by atoms with Crippen LogP contribution in [0.5, 0.6) is 17.2 Å². The lowest BCUT2D eigenvalue weighted by Crippen LogP contribution is -2.33. The largest absolute Gasteiger partial charge is 0.496 e. The molecular weight excluding hydrogens is 460 g/mol. The van der Waals surface area contributed by atoms with Crippen LogP contribution in [0.4, 0.5) is 0 Å². The second kappa shape index (κ2) is 11.2. The number of amides is 1. The molecule has 0 heterocycles. The Morgan fingerprint density at radius 2 is 1.77 bits per heavy atom. The van der Waals surface area contributed by atoms with Crippen molar-refractivity contribution in [2.45, 2.75) is 19.6 Å². The van der Waals surface area contributed by atoms with Crippen molar-refractivity contribution in [3.63, 3.8) is 0 Å². The van der Waals surface area contributed by atoms with Gasteiger partial charge in [0, 0.05) is 10.0 Å². The highest BCUT2D eigenvalue weighted by Crippen LogP contribution is 2.21. The summed E-state index contributed by atoms with van der Waals surface area (Å²) in [5, 5.41) is 4.00. The van der Waals surface area contributed by atoms with Gasteiger partial charge >= 0.3 is 0 Å².